The number of anilines is 2. The van der Waals surface area contributed by atoms with Gasteiger partial charge in [0.2, 0.25) is 15.9 Å². The van der Waals surface area contributed by atoms with Gasteiger partial charge < -0.3 is 10.0 Å². The largest absolute Gasteiger partial charge is 0.378 e. The van der Waals surface area contributed by atoms with Gasteiger partial charge in [-0.25, -0.2) is 8.42 Å². The van der Waals surface area contributed by atoms with E-state index in [4.69, 9.17) is 0 Å². The van der Waals surface area contributed by atoms with Crippen molar-refractivity contribution in [3.63, 3.8) is 0 Å². The van der Waals surface area contributed by atoms with Crippen LogP contribution in [0.4, 0.5) is 28.4 Å². The van der Waals surface area contributed by atoms with E-state index in [1.165, 1.54) is 70.7 Å². The number of aliphatic hydroxyl groups excluding tert-OH is 1. The molecule has 2 heterocycles. The van der Waals surface area contributed by atoms with Crippen molar-refractivity contribution in [2.75, 3.05) is 18.0 Å². The fourth-order valence-electron chi connectivity index (χ4n) is 6.44. The van der Waals surface area contributed by atoms with Gasteiger partial charge in [0.05, 0.1) is 25.4 Å². The number of fused-ring (bicyclic) bond motifs is 2. The average Bonchev–Trinajstić information content (AvgIpc) is 3.13. The minimum Gasteiger partial charge on any atom is -0.378 e. The number of nitrogens with zero attached hydrogens (tertiary/aromatic N) is 6. The normalized spacial score (nSPS) is 14.8. The highest BCUT2D eigenvalue weighted by Crippen LogP contribution is 2.35. The van der Waals surface area contributed by atoms with Crippen LogP contribution in [0.2, 0.25) is 0 Å². The van der Waals surface area contributed by atoms with Crippen molar-refractivity contribution < 1.29 is 37.9 Å². The van der Waals surface area contributed by atoms with Crippen LogP contribution in [0.15, 0.2) is 83.8 Å². The predicted molar refractivity (Wildman–Crippen MR) is 184 cm³/mol. The molecule has 0 bridgehead atoms. The maximum atomic E-state index is 13.6. The van der Waals surface area contributed by atoms with E-state index in [1.807, 2.05) is 0 Å². The smallest absolute Gasteiger partial charge is 0.271 e. The molecule has 0 spiro atoms. The Hall–Kier alpha value is -6.11. The Morgan fingerprint density at radius 1 is 0.712 bits per heavy atom. The molecule has 0 aliphatic carbocycles. The molecule has 2 amide bonds. The summed E-state index contributed by atoms with van der Waals surface area (Å²) in [5.41, 5.74) is 1.69. The first kappa shape index (κ1) is 35.7. The quantitative estimate of drug-likeness (QED) is 0.187. The lowest BCUT2D eigenvalue weighted by atomic mass is 9.97. The maximum Gasteiger partial charge on any atom is 0.271 e. The van der Waals surface area contributed by atoms with Crippen molar-refractivity contribution in [3.05, 3.63) is 137 Å². The first-order valence-corrected chi connectivity index (χ1v) is 17.3. The Bertz CT molecular complexity index is 2260. The first-order valence-electron chi connectivity index (χ1n) is 15.8. The van der Waals surface area contributed by atoms with E-state index in [1.54, 1.807) is 12.1 Å². The zero-order valence-corrected chi connectivity index (χ0v) is 28.3. The summed E-state index contributed by atoms with van der Waals surface area (Å²) in [4.78, 5) is 61.3. The van der Waals surface area contributed by atoms with Crippen LogP contribution < -0.4 is 4.90 Å². The number of rotatable bonds is 9. The van der Waals surface area contributed by atoms with Crippen LogP contribution in [0.5, 0.6) is 0 Å². The first-order chi connectivity index (χ1) is 24.6. The zero-order chi connectivity index (χ0) is 37.5. The molecule has 0 saturated carbocycles. The van der Waals surface area contributed by atoms with Gasteiger partial charge in [-0.05, 0) is 71.0 Å². The zero-order valence-electron chi connectivity index (χ0n) is 27.4. The number of hydrogen-bond donors (Lipinski definition) is 1. The second-order valence-electron chi connectivity index (χ2n) is 12.3. The molecule has 18 heteroatoms. The second-order valence-corrected chi connectivity index (χ2v) is 14.2. The molecule has 0 radical (unpaired) electrons. The molecule has 4 aromatic rings. The number of hydrogen-bond acceptors (Lipinski definition) is 11. The van der Waals surface area contributed by atoms with Gasteiger partial charge in [0.15, 0.2) is 6.10 Å². The van der Waals surface area contributed by atoms with Crippen molar-refractivity contribution in [1.29, 1.82) is 0 Å². The summed E-state index contributed by atoms with van der Waals surface area (Å²) < 4.78 is 28.4. The highest BCUT2D eigenvalue weighted by molar-refractivity contribution is 7.89. The van der Waals surface area contributed by atoms with Gasteiger partial charge in [0.25, 0.3) is 23.0 Å². The fraction of sp³-hybridized carbons (Fsp3) is 0.235. The molecule has 268 valence electrons. The molecule has 0 fully saturated rings. The van der Waals surface area contributed by atoms with Crippen LogP contribution in [0.25, 0.3) is 0 Å². The molecule has 52 heavy (non-hydrogen) atoms. The van der Waals surface area contributed by atoms with Gasteiger partial charge in [0, 0.05) is 75.2 Å². The van der Waals surface area contributed by atoms with Crippen molar-refractivity contribution in [1.82, 2.24) is 9.21 Å². The van der Waals surface area contributed by atoms with E-state index in [2.05, 4.69) is 0 Å². The molecule has 4 aromatic carbocycles. The minimum atomic E-state index is -4.08. The number of benzene rings is 4. The average molecular weight is 731 g/mol. The van der Waals surface area contributed by atoms with E-state index in [9.17, 15) is 53.5 Å². The third-order valence-electron chi connectivity index (χ3n) is 9.09. The maximum absolute atomic E-state index is 13.6. The summed E-state index contributed by atoms with van der Waals surface area (Å²) in [5.74, 6) is -1.42. The molecule has 1 atom stereocenters. The van der Waals surface area contributed by atoms with Gasteiger partial charge in [0.1, 0.15) is 0 Å². The van der Waals surface area contributed by atoms with E-state index >= 15 is 0 Å². The number of carbonyl (C=O) groups is 2. The third kappa shape index (κ3) is 6.94. The molecule has 1 N–H and O–H groups in total. The van der Waals surface area contributed by atoms with E-state index < -0.39 is 48.4 Å². The van der Waals surface area contributed by atoms with Crippen LogP contribution in [-0.2, 0) is 45.5 Å². The fourth-order valence-corrected chi connectivity index (χ4v) is 7.86. The SMILES string of the molecule is CC(=O)N(c1ccc(S(=O)(=O)N2CCc3ccc([N+](=O)[O-])cc3C2)cc1)c1cc(C(O)C(=O)N2CCc3ccc([N+](=O)[O-])cc3C2)cc([N+](=O)[O-])c1. The van der Waals surface area contributed by atoms with Crippen LogP contribution >= 0.6 is 0 Å². The van der Waals surface area contributed by atoms with E-state index in [0.717, 1.165) is 28.2 Å². The highest BCUT2D eigenvalue weighted by atomic mass is 32.2. The number of sulfonamides is 1. The molecule has 0 aromatic heterocycles. The summed E-state index contributed by atoms with van der Waals surface area (Å²) >= 11 is 0. The van der Waals surface area contributed by atoms with Gasteiger partial charge in [-0.15, -0.1) is 0 Å². The molecule has 6 rings (SSSR count). The van der Waals surface area contributed by atoms with Crippen LogP contribution in [0.1, 0.15) is 40.8 Å². The standard InChI is InChI=1S/C34H30N6O11S/c1-21(41)37(27-6-8-32(9-7-27)52(50,51)36-13-11-23-3-5-29(39(46)47)17-26(23)20-36)30-14-24(15-31(18-30)40(48)49)33(42)34(43)35-12-10-22-2-4-28(38(44)45)16-25(22)19-35/h2-9,14-18,33,42H,10-13,19-20H2,1H3. The van der Waals surface area contributed by atoms with Crippen LogP contribution in [0.3, 0.4) is 0 Å². The summed E-state index contributed by atoms with van der Waals surface area (Å²) in [6.07, 6.45) is -1.18. The van der Waals surface area contributed by atoms with Gasteiger partial charge in [-0.2, -0.15) is 4.31 Å². The summed E-state index contributed by atoms with van der Waals surface area (Å²) in [7, 11) is -4.08. The van der Waals surface area contributed by atoms with Crippen LogP contribution in [-0.4, -0.2) is 62.4 Å². The number of amides is 2. The highest BCUT2D eigenvalue weighted by Gasteiger charge is 2.32. The molecule has 2 aliphatic rings. The lowest BCUT2D eigenvalue weighted by molar-refractivity contribution is -0.385. The summed E-state index contributed by atoms with van der Waals surface area (Å²) in [5, 5.41) is 45.6. The molecule has 17 nitrogen and oxygen atoms in total. The minimum absolute atomic E-state index is 0.0343. The third-order valence-corrected chi connectivity index (χ3v) is 11.0. The van der Waals surface area contributed by atoms with E-state index in [0.29, 0.717) is 24.0 Å². The molecular formula is C34H30N6O11S. The van der Waals surface area contributed by atoms with E-state index in [-0.39, 0.29) is 59.4 Å². The van der Waals surface area contributed by atoms with Crippen molar-refractivity contribution in [2.45, 2.75) is 43.9 Å². The Morgan fingerprint density at radius 2 is 1.27 bits per heavy atom. The van der Waals surface area contributed by atoms with Gasteiger partial charge >= 0.3 is 0 Å². The topological polar surface area (TPSA) is 228 Å². The molecule has 0 saturated heterocycles. The molecular weight excluding hydrogens is 700 g/mol. The Balaban J connectivity index is 1.26. The molecule has 1 unspecified atom stereocenters. The van der Waals surface area contributed by atoms with Gasteiger partial charge in [-0.3, -0.25) is 44.8 Å². The van der Waals surface area contributed by atoms with Gasteiger partial charge in [-0.1, -0.05) is 12.1 Å². The summed E-state index contributed by atoms with van der Waals surface area (Å²) in [6, 6.07) is 17.2. The summed E-state index contributed by atoms with van der Waals surface area (Å²) in [6.45, 7) is 1.38. The predicted octanol–water partition coefficient (Wildman–Crippen LogP) is 4.46. The van der Waals surface area contributed by atoms with Crippen molar-refractivity contribution in [3.8, 4) is 0 Å². The van der Waals surface area contributed by atoms with Crippen molar-refractivity contribution >= 4 is 50.3 Å². The lowest BCUT2D eigenvalue weighted by Gasteiger charge is -2.30. The Kier molecular flexibility index (Phi) is 9.54. The Labute approximate surface area is 295 Å². The monoisotopic (exact) mass is 730 g/mol. The number of non-ortho nitro benzene ring substituents is 3. The number of nitro groups is 3. The number of carbonyl (C=O) groups excluding carboxylic acids is 2. The van der Waals surface area contributed by atoms with Crippen LogP contribution in [0, 0.1) is 30.3 Å². The second kappa shape index (κ2) is 13.9. The molecule has 2 aliphatic heterocycles. The number of nitro benzene ring substituents is 3. The Morgan fingerprint density at radius 3 is 1.83 bits per heavy atom. The lowest BCUT2D eigenvalue weighted by Crippen LogP contribution is -2.39. The van der Waals surface area contributed by atoms with Crippen molar-refractivity contribution in [2.24, 2.45) is 0 Å². The number of aliphatic hydroxyl groups is 1.